The fourth-order valence-electron chi connectivity index (χ4n) is 3.01. The third-order valence-corrected chi connectivity index (χ3v) is 4.37. The minimum absolute atomic E-state index is 0.0909. The van der Waals surface area contributed by atoms with Gasteiger partial charge in [-0.05, 0) is 30.2 Å². The molecule has 1 aromatic heterocycles. The number of carbonyl (C=O) groups excluding carboxylic acids is 1. The van der Waals surface area contributed by atoms with E-state index in [1.165, 1.54) is 12.1 Å². The van der Waals surface area contributed by atoms with E-state index in [0.29, 0.717) is 11.4 Å². The van der Waals surface area contributed by atoms with Crippen molar-refractivity contribution in [1.29, 1.82) is 0 Å². The van der Waals surface area contributed by atoms with Crippen LogP contribution < -0.4 is 5.32 Å². The number of nitrogens with one attached hydrogen (secondary N) is 1. The average Bonchev–Trinajstić information content (AvgIpc) is 3.11. The largest absolute Gasteiger partial charge is 0.346 e. The van der Waals surface area contributed by atoms with Gasteiger partial charge in [0.05, 0.1) is 12.5 Å². The SMILES string of the molecule is CC1=C(c2ccccc2)C1C(=O)NCc1nc(-c2cccc(F)c2)no1. The summed E-state index contributed by atoms with van der Waals surface area (Å²) in [5.41, 5.74) is 3.72. The van der Waals surface area contributed by atoms with Crippen LogP contribution in [0.2, 0.25) is 0 Å². The molecule has 130 valence electrons. The Labute approximate surface area is 149 Å². The zero-order chi connectivity index (χ0) is 18.1. The van der Waals surface area contributed by atoms with Crippen LogP contribution in [0.15, 0.2) is 64.7 Å². The summed E-state index contributed by atoms with van der Waals surface area (Å²) in [6.45, 7) is 2.09. The van der Waals surface area contributed by atoms with Crippen LogP contribution in [0.4, 0.5) is 4.39 Å². The number of nitrogens with zero attached hydrogens (tertiary/aromatic N) is 2. The molecule has 1 aliphatic carbocycles. The molecule has 0 aliphatic heterocycles. The van der Waals surface area contributed by atoms with Crippen molar-refractivity contribution in [2.45, 2.75) is 13.5 Å². The summed E-state index contributed by atoms with van der Waals surface area (Å²) in [6, 6.07) is 15.8. The lowest BCUT2D eigenvalue weighted by Gasteiger charge is -2.03. The lowest BCUT2D eigenvalue weighted by Crippen LogP contribution is -2.26. The van der Waals surface area contributed by atoms with Gasteiger partial charge in [0.2, 0.25) is 17.6 Å². The summed E-state index contributed by atoms with van der Waals surface area (Å²) in [6.07, 6.45) is 0. The first-order valence-electron chi connectivity index (χ1n) is 8.26. The number of amides is 1. The lowest BCUT2D eigenvalue weighted by molar-refractivity contribution is -0.121. The Morgan fingerprint density at radius 1 is 1.15 bits per heavy atom. The molecule has 0 saturated carbocycles. The molecule has 5 nitrogen and oxygen atoms in total. The van der Waals surface area contributed by atoms with E-state index < -0.39 is 0 Å². The molecule has 4 rings (SSSR count). The molecule has 1 N–H and O–H groups in total. The highest BCUT2D eigenvalue weighted by Gasteiger charge is 2.39. The van der Waals surface area contributed by atoms with Gasteiger partial charge in [0.25, 0.3) is 0 Å². The van der Waals surface area contributed by atoms with Gasteiger partial charge < -0.3 is 9.84 Å². The summed E-state index contributed by atoms with van der Waals surface area (Å²) < 4.78 is 18.4. The molecule has 1 unspecified atom stereocenters. The minimum atomic E-state index is -0.370. The number of benzene rings is 2. The molecular weight excluding hydrogens is 333 g/mol. The fraction of sp³-hybridized carbons (Fsp3) is 0.150. The van der Waals surface area contributed by atoms with Crippen molar-refractivity contribution in [3.8, 4) is 11.4 Å². The van der Waals surface area contributed by atoms with Crippen LogP contribution >= 0.6 is 0 Å². The highest BCUT2D eigenvalue weighted by molar-refractivity contribution is 6.05. The third-order valence-electron chi connectivity index (χ3n) is 4.37. The predicted octanol–water partition coefficient (Wildman–Crippen LogP) is 3.60. The summed E-state index contributed by atoms with van der Waals surface area (Å²) in [4.78, 5) is 16.6. The summed E-state index contributed by atoms with van der Waals surface area (Å²) in [7, 11) is 0. The molecule has 1 amide bonds. The number of aromatic nitrogens is 2. The number of rotatable bonds is 5. The quantitative estimate of drug-likeness (QED) is 0.764. The van der Waals surface area contributed by atoms with Crippen molar-refractivity contribution in [2.24, 2.45) is 5.92 Å². The van der Waals surface area contributed by atoms with E-state index in [0.717, 1.165) is 16.7 Å². The van der Waals surface area contributed by atoms with E-state index in [1.807, 2.05) is 37.3 Å². The first-order valence-corrected chi connectivity index (χ1v) is 8.26. The molecule has 6 heteroatoms. The zero-order valence-electron chi connectivity index (χ0n) is 14.1. The maximum absolute atomic E-state index is 13.3. The second-order valence-electron chi connectivity index (χ2n) is 6.14. The van der Waals surface area contributed by atoms with Gasteiger partial charge in [-0.15, -0.1) is 0 Å². The summed E-state index contributed by atoms with van der Waals surface area (Å²) >= 11 is 0. The first-order chi connectivity index (χ1) is 12.6. The van der Waals surface area contributed by atoms with E-state index >= 15 is 0 Å². The van der Waals surface area contributed by atoms with E-state index in [1.54, 1.807) is 12.1 Å². The Hall–Kier alpha value is -3.28. The van der Waals surface area contributed by atoms with E-state index in [9.17, 15) is 9.18 Å². The van der Waals surface area contributed by atoms with Crippen molar-refractivity contribution in [3.05, 3.63) is 77.4 Å². The molecule has 26 heavy (non-hydrogen) atoms. The standard InChI is InChI=1S/C20H16FN3O2/c1-12-17(13-6-3-2-4-7-13)18(12)20(25)22-11-16-23-19(24-26-16)14-8-5-9-15(21)10-14/h2-10,18H,11H2,1H3,(H,22,25). The number of halogens is 1. The summed E-state index contributed by atoms with van der Waals surface area (Å²) in [5, 5.41) is 6.65. The zero-order valence-corrected chi connectivity index (χ0v) is 14.1. The van der Waals surface area contributed by atoms with Crippen molar-refractivity contribution in [3.63, 3.8) is 0 Å². The van der Waals surface area contributed by atoms with E-state index in [2.05, 4.69) is 15.5 Å². The fourth-order valence-corrected chi connectivity index (χ4v) is 3.01. The second kappa shape index (κ2) is 6.55. The van der Waals surface area contributed by atoms with Crippen LogP contribution in [0.5, 0.6) is 0 Å². The van der Waals surface area contributed by atoms with Crippen LogP contribution in [-0.2, 0) is 11.3 Å². The Morgan fingerprint density at radius 2 is 1.92 bits per heavy atom. The number of hydrogen-bond acceptors (Lipinski definition) is 4. The number of carbonyl (C=O) groups is 1. The number of hydrogen-bond donors (Lipinski definition) is 1. The highest BCUT2D eigenvalue weighted by Crippen LogP contribution is 2.46. The minimum Gasteiger partial charge on any atom is -0.346 e. The van der Waals surface area contributed by atoms with Crippen LogP contribution in [0.3, 0.4) is 0 Å². The molecule has 0 radical (unpaired) electrons. The van der Waals surface area contributed by atoms with Gasteiger partial charge in [-0.1, -0.05) is 53.2 Å². The first kappa shape index (κ1) is 16.2. The lowest BCUT2D eigenvalue weighted by atomic mass is 10.1. The highest BCUT2D eigenvalue weighted by atomic mass is 19.1. The van der Waals surface area contributed by atoms with Crippen molar-refractivity contribution >= 4 is 11.5 Å². The Kier molecular flexibility index (Phi) is 4.08. The van der Waals surface area contributed by atoms with Gasteiger partial charge in [-0.25, -0.2) is 4.39 Å². The maximum atomic E-state index is 13.3. The normalized spacial score (nSPS) is 15.8. The molecule has 1 heterocycles. The molecule has 0 bridgehead atoms. The Balaban J connectivity index is 1.38. The van der Waals surface area contributed by atoms with Crippen LogP contribution in [0.25, 0.3) is 17.0 Å². The Bertz CT molecular complexity index is 995. The van der Waals surface area contributed by atoms with Gasteiger partial charge in [0, 0.05) is 5.56 Å². The molecule has 0 spiro atoms. The van der Waals surface area contributed by atoms with Crippen LogP contribution in [0.1, 0.15) is 18.4 Å². The topological polar surface area (TPSA) is 68.0 Å². The van der Waals surface area contributed by atoms with Crippen LogP contribution in [0, 0.1) is 11.7 Å². The molecular formula is C20H16FN3O2. The molecule has 1 aliphatic rings. The van der Waals surface area contributed by atoms with Gasteiger partial charge in [-0.2, -0.15) is 4.98 Å². The van der Waals surface area contributed by atoms with Crippen LogP contribution in [-0.4, -0.2) is 16.0 Å². The molecule has 0 saturated heterocycles. The van der Waals surface area contributed by atoms with Crippen molar-refractivity contribution in [1.82, 2.24) is 15.5 Å². The monoisotopic (exact) mass is 349 g/mol. The molecule has 0 fully saturated rings. The van der Waals surface area contributed by atoms with Gasteiger partial charge >= 0.3 is 0 Å². The van der Waals surface area contributed by atoms with Crippen molar-refractivity contribution < 1.29 is 13.7 Å². The molecule has 2 aromatic carbocycles. The molecule has 3 aromatic rings. The third kappa shape index (κ3) is 3.13. The van der Waals surface area contributed by atoms with Gasteiger partial charge in [0.1, 0.15) is 5.82 Å². The predicted molar refractivity (Wildman–Crippen MR) is 94.1 cm³/mol. The van der Waals surface area contributed by atoms with Crippen molar-refractivity contribution in [2.75, 3.05) is 0 Å². The van der Waals surface area contributed by atoms with E-state index in [-0.39, 0.29) is 30.1 Å². The average molecular weight is 349 g/mol. The van der Waals surface area contributed by atoms with Gasteiger partial charge in [-0.3, -0.25) is 4.79 Å². The smallest absolute Gasteiger partial charge is 0.246 e. The summed E-state index contributed by atoms with van der Waals surface area (Å²) in [5.74, 6) is -0.0997. The maximum Gasteiger partial charge on any atom is 0.246 e. The molecule has 1 atom stereocenters. The van der Waals surface area contributed by atoms with Gasteiger partial charge in [0.15, 0.2) is 0 Å². The second-order valence-corrected chi connectivity index (χ2v) is 6.14. The van der Waals surface area contributed by atoms with E-state index in [4.69, 9.17) is 4.52 Å². The Morgan fingerprint density at radius 3 is 2.69 bits per heavy atom.